The average molecular weight is 290 g/mol. The summed E-state index contributed by atoms with van der Waals surface area (Å²) in [5.41, 5.74) is 5.68. The van der Waals surface area contributed by atoms with Crippen molar-refractivity contribution in [2.45, 2.75) is 0 Å². The van der Waals surface area contributed by atoms with E-state index in [1.54, 1.807) is 24.3 Å². The lowest BCUT2D eigenvalue weighted by Crippen LogP contribution is -2.13. The molecule has 0 fully saturated rings. The van der Waals surface area contributed by atoms with Gasteiger partial charge in [0.1, 0.15) is 23.9 Å². The number of benzene rings is 2. The van der Waals surface area contributed by atoms with Crippen LogP contribution in [0.5, 0.6) is 11.5 Å². The van der Waals surface area contributed by atoms with Crippen molar-refractivity contribution >= 4 is 11.6 Å². The Morgan fingerprint density at radius 1 is 1.29 bits per heavy atom. The van der Waals surface area contributed by atoms with Crippen LogP contribution in [0.3, 0.4) is 0 Å². The third-order valence-corrected chi connectivity index (χ3v) is 2.68. The molecule has 2 aromatic carbocycles. The summed E-state index contributed by atoms with van der Waals surface area (Å²) in [6.45, 7) is 0.746. The smallest absolute Gasteiger partial charge is 0.259 e. The van der Waals surface area contributed by atoms with Crippen LogP contribution in [0.4, 0.5) is 10.1 Å². The van der Waals surface area contributed by atoms with E-state index < -0.39 is 11.7 Å². The number of nitrogens with two attached hydrogens (primary N) is 1. The van der Waals surface area contributed by atoms with Crippen molar-refractivity contribution in [3.05, 3.63) is 53.8 Å². The molecule has 0 aliphatic rings. The van der Waals surface area contributed by atoms with E-state index in [4.69, 9.17) is 10.5 Å². The van der Waals surface area contributed by atoms with E-state index in [-0.39, 0.29) is 11.3 Å². The van der Waals surface area contributed by atoms with Gasteiger partial charge in [0.25, 0.3) is 5.91 Å². The molecule has 2 aromatic rings. The highest BCUT2D eigenvalue weighted by atomic mass is 19.1. The summed E-state index contributed by atoms with van der Waals surface area (Å²) in [4.78, 5) is 12.0. The van der Waals surface area contributed by atoms with Gasteiger partial charge in [0.15, 0.2) is 0 Å². The molecule has 0 aromatic heterocycles. The lowest BCUT2D eigenvalue weighted by atomic mass is 10.1. The van der Waals surface area contributed by atoms with Gasteiger partial charge in [0, 0.05) is 18.3 Å². The number of carbonyl (C=O) groups excluding carboxylic acids is 1. The fraction of sp³-hybridized carbons (Fsp3) is 0.133. The van der Waals surface area contributed by atoms with Crippen LogP contribution in [0.2, 0.25) is 0 Å². The molecule has 0 unspecified atom stereocenters. The predicted octanol–water partition coefficient (Wildman–Crippen LogP) is 2.12. The molecule has 4 N–H and O–H groups in total. The van der Waals surface area contributed by atoms with Crippen molar-refractivity contribution in [2.75, 3.05) is 18.5 Å². The summed E-state index contributed by atoms with van der Waals surface area (Å²) in [6.07, 6.45) is 0. The number of phenolic OH excluding ortho intramolecular Hbond substituents is 1. The Balaban J connectivity index is 2.14. The summed E-state index contributed by atoms with van der Waals surface area (Å²) < 4.78 is 18.5. The van der Waals surface area contributed by atoms with Crippen LogP contribution in [0.15, 0.2) is 42.5 Å². The van der Waals surface area contributed by atoms with E-state index in [0.29, 0.717) is 24.6 Å². The van der Waals surface area contributed by atoms with Gasteiger partial charge in [-0.3, -0.25) is 4.79 Å². The Hall–Kier alpha value is -2.60. The quantitative estimate of drug-likeness (QED) is 0.787. The fourth-order valence-electron chi connectivity index (χ4n) is 1.73. The van der Waals surface area contributed by atoms with E-state index in [2.05, 4.69) is 5.32 Å². The summed E-state index contributed by atoms with van der Waals surface area (Å²) in [7, 11) is 0. The zero-order valence-electron chi connectivity index (χ0n) is 11.2. The number of aromatic hydroxyl groups is 1. The van der Waals surface area contributed by atoms with Gasteiger partial charge in [-0.05, 0) is 30.3 Å². The number of anilines is 1. The predicted molar refractivity (Wildman–Crippen MR) is 77.0 cm³/mol. The SMILES string of the molecule is NCCOc1cccc(NC(=O)c2cc(F)ccc2O)c1. The molecule has 0 radical (unpaired) electrons. The van der Waals surface area contributed by atoms with E-state index in [9.17, 15) is 14.3 Å². The van der Waals surface area contributed by atoms with Gasteiger partial charge in [-0.25, -0.2) is 4.39 Å². The molecule has 5 nitrogen and oxygen atoms in total. The van der Waals surface area contributed by atoms with Crippen LogP contribution in [0.1, 0.15) is 10.4 Å². The summed E-state index contributed by atoms with van der Waals surface area (Å²) in [5.74, 6) is -0.938. The molecule has 0 bridgehead atoms. The molecule has 0 atom stereocenters. The first kappa shape index (κ1) is 14.8. The monoisotopic (exact) mass is 290 g/mol. The molecule has 0 spiro atoms. The maximum Gasteiger partial charge on any atom is 0.259 e. The van der Waals surface area contributed by atoms with Crippen molar-refractivity contribution in [1.29, 1.82) is 0 Å². The largest absolute Gasteiger partial charge is 0.507 e. The van der Waals surface area contributed by atoms with Crippen LogP contribution >= 0.6 is 0 Å². The maximum absolute atomic E-state index is 13.1. The van der Waals surface area contributed by atoms with Crippen LogP contribution in [0.25, 0.3) is 0 Å². The fourth-order valence-corrected chi connectivity index (χ4v) is 1.73. The molecule has 2 rings (SSSR count). The van der Waals surface area contributed by atoms with Gasteiger partial charge < -0.3 is 20.9 Å². The topological polar surface area (TPSA) is 84.6 Å². The number of hydrogen-bond donors (Lipinski definition) is 3. The van der Waals surface area contributed by atoms with Gasteiger partial charge in [0.2, 0.25) is 0 Å². The zero-order valence-corrected chi connectivity index (χ0v) is 11.2. The number of rotatable bonds is 5. The molecular formula is C15H15FN2O3. The normalized spacial score (nSPS) is 10.2. The summed E-state index contributed by atoms with van der Waals surface area (Å²) >= 11 is 0. The number of hydrogen-bond acceptors (Lipinski definition) is 4. The molecule has 6 heteroatoms. The third kappa shape index (κ3) is 3.93. The number of ether oxygens (including phenoxy) is 1. The van der Waals surface area contributed by atoms with E-state index >= 15 is 0 Å². The molecule has 0 aliphatic carbocycles. The maximum atomic E-state index is 13.1. The number of halogens is 1. The van der Waals surface area contributed by atoms with E-state index in [1.807, 2.05) is 0 Å². The highest BCUT2D eigenvalue weighted by Gasteiger charge is 2.12. The minimum Gasteiger partial charge on any atom is -0.507 e. The second-order valence-electron chi connectivity index (χ2n) is 4.28. The van der Waals surface area contributed by atoms with Crippen LogP contribution in [0, 0.1) is 5.82 Å². The molecule has 21 heavy (non-hydrogen) atoms. The number of carbonyl (C=O) groups is 1. The first-order chi connectivity index (χ1) is 10.1. The standard InChI is InChI=1S/C15H15FN2O3/c16-10-4-5-14(19)13(8-10)15(20)18-11-2-1-3-12(9-11)21-7-6-17/h1-5,8-9,19H,6-7,17H2,(H,18,20). The van der Waals surface area contributed by atoms with Crippen molar-refractivity contribution in [2.24, 2.45) is 5.73 Å². The van der Waals surface area contributed by atoms with Gasteiger partial charge in [0.05, 0.1) is 5.56 Å². The molecule has 0 aliphatic heterocycles. The molecule has 1 amide bonds. The Morgan fingerprint density at radius 3 is 2.86 bits per heavy atom. The van der Waals surface area contributed by atoms with Gasteiger partial charge in [-0.15, -0.1) is 0 Å². The molecule has 0 saturated carbocycles. The number of phenols is 1. The van der Waals surface area contributed by atoms with E-state index in [0.717, 1.165) is 18.2 Å². The van der Waals surface area contributed by atoms with E-state index in [1.165, 1.54) is 0 Å². The molecule has 110 valence electrons. The Bertz CT molecular complexity index is 647. The van der Waals surface area contributed by atoms with Crippen molar-refractivity contribution in [3.8, 4) is 11.5 Å². The average Bonchev–Trinajstić information content (AvgIpc) is 2.48. The lowest BCUT2D eigenvalue weighted by Gasteiger charge is -2.09. The van der Waals surface area contributed by atoms with Crippen molar-refractivity contribution < 1.29 is 19.0 Å². The summed E-state index contributed by atoms with van der Waals surface area (Å²) in [5, 5.41) is 12.2. The molecule has 0 heterocycles. The second-order valence-corrected chi connectivity index (χ2v) is 4.28. The Morgan fingerprint density at radius 2 is 2.10 bits per heavy atom. The number of nitrogens with one attached hydrogen (secondary N) is 1. The van der Waals surface area contributed by atoms with Gasteiger partial charge in [-0.1, -0.05) is 6.07 Å². The van der Waals surface area contributed by atoms with Crippen molar-refractivity contribution in [1.82, 2.24) is 0 Å². The minimum atomic E-state index is -0.608. The third-order valence-electron chi connectivity index (χ3n) is 2.68. The van der Waals surface area contributed by atoms with Gasteiger partial charge >= 0.3 is 0 Å². The Kier molecular flexibility index (Phi) is 4.73. The Labute approximate surface area is 121 Å². The first-order valence-corrected chi connectivity index (χ1v) is 6.33. The molecule has 0 saturated heterocycles. The van der Waals surface area contributed by atoms with Crippen LogP contribution in [-0.4, -0.2) is 24.2 Å². The van der Waals surface area contributed by atoms with Crippen molar-refractivity contribution in [3.63, 3.8) is 0 Å². The second kappa shape index (κ2) is 6.71. The zero-order chi connectivity index (χ0) is 15.2. The van der Waals surface area contributed by atoms with Crippen LogP contribution in [-0.2, 0) is 0 Å². The lowest BCUT2D eigenvalue weighted by molar-refractivity contribution is 0.102. The first-order valence-electron chi connectivity index (χ1n) is 6.33. The van der Waals surface area contributed by atoms with Gasteiger partial charge in [-0.2, -0.15) is 0 Å². The molecular weight excluding hydrogens is 275 g/mol. The van der Waals surface area contributed by atoms with Crippen LogP contribution < -0.4 is 15.8 Å². The highest BCUT2D eigenvalue weighted by Crippen LogP contribution is 2.21. The highest BCUT2D eigenvalue weighted by molar-refractivity contribution is 6.06. The minimum absolute atomic E-state index is 0.136. The summed E-state index contributed by atoms with van der Waals surface area (Å²) in [6, 6.07) is 9.88. The number of amides is 1.